The molecule has 0 N–H and O–H groups in total. The van der Waals surface area contributed by atoms with Crippen LogP contribution < -0.4 is 0 Å². The fourth-order valence-corrected chi connectivity index (χ4v) is 1.21. The number of aryl methyl sites for hydroxylation is 1. The highest BCUT2D eigenvalue weighted by molar-refractivity contribution is 14.1. The smallest absolute Gasteiger partial charge is 0.213 e. The highest BCUT2D eigenvalue weighted by Gasteiger charge is 1.96. The number of nitrogens with zero attached hydrogens (tertiary/aromatic N) is 1. The summed E-state index contributed by atoms with van der Waals surface area (Å²) in [6.07, 6.45) is 0. The molecule has 10 heavy (non-hydrogen) atoms. The Morgan fingerprint density at radius 1 is 1.60 bits per heavy atom. The topological polar surface area (TPSA) is 12.9 Å². The molecule has 0 bridgehead atoms. The number of aromatic nitrogens is 1. The van der Waals surface area contributed by atoms with Crippen LogP contribution in [-0.2, 0) is 4.43 Å². The van der Waals surface area contributed by atoms with Crippen LogP contribution in [0.2, 0.25) is 0 Å². The third-order valence-electron chi connectivity index (χ3n) is 1.14. The van der Waals surface area contributed by atoms with E-state index in [9.17, 15) is 4.39 Å². The Balaban J connectivity index is 3.06. The van der Waals surface area contributed by atoms with Crippen LogP contribution in [0.15, 0.2) is 12.1 Å². The SMILES string of the molecule is Cc1cc(CI)cc(F)n1. The molecule has 0 saturated carbocycles. The molecule has 1 nitrogen and oxygen atoms in total. The minimum atomic E-state index is -0.383. The van der Waals surface area contributed by atoms with E-state index in [1.165, 1.54) is 6.07 Å². The maximum absolute atomic E-state index is 12.5. The molecule has 0 aliphatic heterocycles. The van der Waals surface area contributed by atoms with Gasteiger partial charge < -0.3 is 0 Å². The van der Waals surface area contributed by atoms with E-state index in [4.69, 9.17) is 0 Å². The van der Waals surface area contributed by atoms with Gasteiger partial charge in [-0.15, -0.1) is 0 Å². The first kappa shape index (κ1) is 7.91. The lowest BCUT2D eigenvalue weighted by Gasteiger charge is -1.96. The van der Waals surface area contributed by atoms with E-state index in [1.807, 2.05) is 6.07 Å². The monoisotopic (exact) mass is 251 g/mol. The van der Waals surface area contributed by atoms with Gasteiger partial charge in [0, 0.05) is 10.1 Å². The number of pyridine rings is 1. The van der Waals surface area contributed by atoms with Gasteiger partial charge in [0.2, 0.25) is 5.95 Å². The van der Waals surface area contributed by atoms with Crippen molar-refractivity contribution in [2.24, 2.45) is 0 Å². The Labute approximate surface area is 72.8 Å². The predicted octanol–water partition coefficient (Wildman–Crippen LogP) is 2.46. The van der Waals surface area contributed by atoms with Crippen LogP contribution in [-0.4, -0.2) is 4.98 Å². The molecule has 0 fully saturated rings. The largest absolute Gasteiger partial charge is 0.225 e. The summed E-state index contributed by atoms with van der Waals surface area (Å²) >= 11 is 2.19. The number of rotatable bonds is 1. The third-order valence-corrected chi connectivity index (χ3v) is 2.02. The molecule has 54 valence electrons. The second kappa shape index (κ2) is 3.27. The van der Waals surface area contributed by atoms with Crippen molar-refractivity contribution in [1.29, 1.82) is 0 Å². The van der Waals surface area contributed by atoms with Gasteiger partial charge >= 0.3 is 0 Å². The van der Waals surface area contributed by atoms with Gasteiger partial charge in [0.25, 0.3) is 0 Å². The standard InChI is InChI=1S/C7H7FIN/c1-5-2-6(4-9)3-7(8)10-5/h2-3H,4H2,1H3. The number of alkyl halides is 1. The van der Waals surface area contributed by atoms with Crippen molar-refractivity contribution in [3.8, 4) is 0 Å². The Morgan fingerprint density at radius 3 is 2.80 bits per heavy atom. The van der Waals surface area contributed by atoms with Crippen molar-refractivity contribution in [2.75, 3.05) is 0 Å². The van der Waals surface area contributed by atoms with Gasteiger partial charge in [-0.05, 0) is 24.6 Å². The summed E-state index contributed by atoms with van der Waals surface area (Å²) in [4.78, 5) is 3.61. The van der Waals surface area contributed by atoms with E-state index in [-0.39, 0.29) is 5.95 Å². The summed E-state index contributed by atoms with van der Waals surface area (Å²) < 4.78 is 13.3. The van der Waals surface area contributed by atoms with E-state index in [0.717, 1.165) is 15.7 Å². The highest BCUT2D eigenvalue weighted by atomic mass is 127. The third kappa shape index (κ3) is 1.90. The molecule has 0 spiro atoms. The quantitative estimate of drug-likeness (QED) is 0.424. The lowest BCUT2D eigenvalue weighted by atomic mass is 10.2. The van der Waals surface area contributed by atoms with Crippen LogP contribution in [0.5, 0.6) is 0 Å². The fourth-order valence-electron chi connectivity index (χ4n) is 0.773. The molecule has 0 aromatic carbocycles. The second-order valence-electron chi connectivity index (χ2n) is 2.07. The van der Waals surface area contributed by atoms with Crippen molar-refractivity contribution in [2.45, 2.75) is 11.4 Å². The van der Waals surface area contributed by atoms with Gasteiger partial charge in [0.15, 0.2) is 0 Å². The van der Waals surface area contributed by atoms with Crippen molar-refractivity contribution >= 4 is 22.6 Å². The first-order valence-electron chi connectivity index (χ1n) is 2.91. The Morgan fingerprint density at radius 2 is 2.30 bits per heavy atom. The van der Waals surface area contributed by atoms with Gasteiger partial charge in [-0.25, -0.2) is 4.98 Å². The minimum absolute atomic E-state index is 0.383. The van der Waals surface area contributed by atoms with Gasteiger partial charge in [0.05, 0.1) is 0 Å². The van der Waals surface area contributed by atoms with E-state index in [0.29, 0.717) is 0 Å². The molecule has 1 aromatic rings. The summed E-state index contributed by atoms with van der Waals surface area (Å²) in [6.45, 7) is 1.79. The summed E-state index contributed by atoms with van der Waals surface area (Å²) in [6, 6.07) is 3.34. The van der Waals surface area contributed by atoms with Crippen LogP contribution in [0.3, 0.4) is 0 Å². The molecule has 0 radical (unpaired) electrons. The number of hydrogen-bond donors (Lipinski definition) is 0. The molecule has 0 amide bonds. The molecule has 0 aliphatic carbocycles. The Bertz CT molecular complexity index is 217. The minimum Gasteiger partial charge on any atom is -0.225 e. The van der Waals surface area contributed by atoms with Crippen molar-refractivity contribution in [3.05, 3.63) is 29.3 Å². The molecule has 1 heterocycles. The average molecular weight is 251 g/mol. The predicted molar refractivity (Wildman–Crippen MR) is 46.7 cm³/mol. The van der Waals surface area contributed by atoms with Gasteiger partial charge in [0.1, 0.15) is 0 Å². The molecule has 0 saturated heterocycles. The fraction of sp³-hybridized carbons (Fsp3) is 0.286. The molecule has 0 unspecified atom stereocenters. The summed E-state index contributed by atoms with van der Waals surface area (Å²) in [7, 11) is 0. The average Bonchev–Trinajstić information content (AvgIpc) is 1.85. The van der Waals surface area contributed by atoms with Crippen LogP contribution >= 0.6 is 22.6 Å². The summed E-state index contributed by atoms with van der Waals surface area (Å²) in [5, 5.41) is 0. The normalized spacial score (nSPS) is 9.90. The van der Waals surface area contributed by atoms with E-state index >= 15 is 0 Å². The first-order valence-corrected chi connectivity index (χ1v) is 4.44. The van der Waals surface area contributed by atoms with E-state index < -0.39 is 0 Å². The highest BCUT2D eigenvalue weighted by Crippen LogP contribution is 2.08. The molecular weight excluding hydrogens is 244 g/mol. The lowest BCUT2D eigenvalue weighted by Crippen LogP contribution is -1.89. The van der Waals surface area contributed by atoms with Crippen LogP contribution in [0.4, 0.5) is 4.39 Å². The van der Waals surface area contributed by atoms with Crippen LogP contribution in [0.1, 0.15) is 11.3 Å². The molecule has 0 aliphatic rings. The maximum atomic E-state index is 12.5. The van der Waals surface area contributed by atoms with Crippen molar-refractivity contribution in [3.63, 3.8) is 0 Å². The molecule has 1 rings (SSSR count). The zero-order chi connectivity index (χ0) is 7.56. The second-order valence-corrected chi connectivity index (χ2v) is 2.84. The van der Waals surface area contributed by atoms with Gasteiger partial charge in [-0.2, -0.15) is 4.39 Å². The number of halogens is 2. The van der Waals surface area contributed by atoms with Crippen molar-refractivity contribution < 1.29 is 4.39 Å². The van der Waals surface area contributed by atoms with Crippen LogP contribution in [0.25, 0.3) is 0 Å². The lowest BCUT2D eigenvalue weighted by molar-refractivity contribution is 0.578. The zero-order valence-corrected chi connectivity index (χ0v) is 7.72. The van der Waals surface area contributed by atoms with Gasteiger partial charge in [-0.3, -0.25) is 0 Å². The molecule has 0 atom stereocenters. The Hall–Kier alpha value is -0.190. The van der Waals surface area contributed by atoms with E-state index in [1.54, 1.807) is 6.92 Å². The molecular formula is C7H7FIN. The Kier molecular flexibility index (Phi) is 2.59. The summed E-state index contributed by atoms with van der Waals surface area (Å²) in [5.74, 6) is -0.383. The molecule has 3 heteroatoms. The molecule has 1 aromatic heterocycles. The van der Waals surface area contributed by atoms with Gasteiger partial charge in [-0.1, -0.05) is 22.6 Å². The first-order chi connectivity index (χ1) is 4.72. The maximum Gasteiger partial charge on any atom is 0.213 e. The zero-order valence-electron chi connectivity index (χ0n) is 5.56. The van der Waals surface area contributed by atoms with Crippen LogP contribution in [0, 0.1) is 12.9 Å². The summed E-state index contributed by atoms with van der Waals surface area (Å²) in [5.41, 5.74) is 1.73. The van der Waals surface area contributed by atoms with Crippen molar-refractivity contribution in [1.82, 2.24) is 4.98 Å². The number of hydrogen-bond acceptors (Lipinski definition) is 1. The van der Waals surface area contributed by atoms with E-state index in [2.05, 4.69) is 27.6 Å².